The first-order chi connectivity index (χ1) is 13.5. The second kappa shape index (κ2) is 8.30. The lowest BCUT2D eigenvalue weighted by molar-refractivity contribution is -0.384. The zero-order chi connectivity index (χ0) is 20.1. The number of ketones is 1. The molecule has 0 radical (unpaired) electrons. The Morgan fingerprint density at radius 3 is 2.29 bits per heavy atom. The van der Waals surface area contributed by atoms with Crippen molar-refractivity contribution in [1.82, 2.24) is 0 Å². The molecule has 0 aliphatic rings. The van der Waals surface area contributed by atoms with Gasteiger partial charge in [0.2, 0.25) is 0 Å². The fraction of sp³-hybridized carbons (Fsp3) is 0.143. The van der Waals surface area contributed by atoms with Crippen molar-refractivity contribution >= 4 is 28.2 Å². The Bertz CT molecular complexity index is 1040. The monoisotopic (exact) mass is 379 g/mol. The summed E-state index contributed by atoms with van der Waals surface area (Å²) < 4.78 is 10.4. The second-order valence-electron chi connectivity index (χ2n) is 5.88. The summed E-state index contributed by atoms with van der Waals surface area (Å²) in [6, 6.07) is 15.9. The van der Waals surface area contributed by atoms with E-state index in [2.05, 4.69) is 0 Å². The minimum Gasteiger partial charge on any atom is -0.481 e. The number of hydrogen-bond acceptors (Lipinski definition) is 6. The van der Waals surface area contributed by atoms with Crippen molar-refractivity contribution in [2.24, 2.45) is 0 Å². The van der Waals surface area contributed by atoms with Gasteiger partial charge >= 0.3 is 5.97 Å². The van der Waals surface area contributed by atoms with E-state index in [1.54, 1.807) is 43.3 Å². The summed E-state index contributed by atoms with van der Waals surface area (Å²) in [6.45, 7) is 1.75. The van der Waals surface area contributed by atoms with Crippen molar-refractivity contribution < 1.29 is 24.0 Å². The van der Waals surface area contributed by atoms with Gasteiger partial charge in [-0.2, -0.15) is 0 Å². The van der Waals surface area contributed by atoms with Crippen LogP contribution in [-0.2, 0) is 9.53 Å². The van der Waals surface area contributed by atoms with Gasteiger partial charge in [0.25, 0.3) is 5.69 Å². The van der Waals surface area contributed by atoms with Crippen molar-refractivity contribution in [2.45, 2.75) is 6.92 Å². The molecule has 3 rings (SSSR count). The summed E-state index contributed by atoms with van der Waals surface area (Å²) >= 11 is 0. The first kappa shape index (κ1) is 19.0. The number of nitrogens with zero attached hydrogens (tertiary/aromatic N) is 1. The van der Waals surface area contributed by atoms with Crippen molar-refractivity contribution in [3.05, 3.63) is 81.9 Å². The Labute approximate surface area is 160 Å². The normalized spacial score (nSPS) is 10.5. The van der Waals surface area contributed by atoms with Crippen LogP contribution in [0.2, 0.25) is 0 Å². The topological polar surface area (TPSA) is 95.7 Å². The van der Waals surface area contributed by atoms with Crippen LogP contribution in [0.4, 0.5) is 5.69 Å². The summed E-state index contributed by atoms with van der Waals surface area (Å²) in [4.78, 5) is 34.7. The van der Waals surface area contributed by atoms with Gasteiger partial charge < -0.3 is 9.47 Å². The van der Waals surface area contributed by atoms with Crippen LogP contribution in [0.5, 0.6) is 5.75 Å². The Hall–Kier alpha value is -3.74. The highest BCUT2D eigenvalue weighted by Crippen LogP contribution is 2.30. The molecule has 0 atom stereocenters. The lowest BCUT2D eigenvalue weighted by atomic mass is 9.96. The van der Waals surface area contributed by atoms with Gasteiger partial charge in [-0.3, -0.25) is 14.9 Å². The van der Waals surface area contributed by atoms with E-state index >= 15 is 0 Å². The maximum atomic E-state index is 12.9. The summed E-state index contributed by atoms with van der Waals surface area (Å²) in [5.41, 5.74) is 0.702. The molecule has 3 aromatic rings. The van der Waals surface area contributed by atoms with Gasteiger partial charge in [0.15, 0.2) is 12.4 Å². The molecule has 0 saturated heterocycles. The number of hydrogen-bond donors (Lipinski definition) is 0. The smallest absolute Gasteiger partial charge is 0.344 e. The van der Waals surface area contributed by atoms with Gasteiger partial charge in [-0.1, -0.05) is 24.3 Å². The molecule has 3 aromatic carbocycles. The number of carbonyl (C=O) groups is 2. The molecule has 0 unspecified atom stereocenters. The number of non-ortho nitro benzene ring substituents is 1. The first-order valence-corrected chi connectivity index (χ1v) is 8.60. The number of nitro benzene ring substituents is 1. The lowest BCUT2D eigenvalue weighted by Gasteiger charge is -2.12. The van der Waals surface area contributed by atoms with E-state index in [9.17, 15) is 19.7 Å². The molecule has 7 nitrogen and oxygen atoms in total. The fourth-order valence-electron chi connectivity index (χ4n) is 2.82. The molecule has 0 N–H and O–H groups in total. The SMILES string of the molecule is CCOC(=O)COc1ccc(C(=O)c2ccc([N+](=O)[O-])cc2)c2ccccc12. The Kier molecular flexibility index (Phi) is 5.64. The number of esters is 1. The minimum absolute atomic E-state index is 0.0795. The molecule has 0 spiro atoms. The van der Waals surface area contributed by atoms with Gasteiger partial charge in [-0.05, 0) is 36.6 Å². The lowest BCUT2D eigenvalue weighted by Crippen LogP contribution is -2.14. The molecule has 0 heterocycles. The van der Waals surface area contributed by atoms with Crippen LogP contribution in [0.25, 0.3) is 10.8 Å². The van der Waals surface area contributed by atoms with Crippen LogP contribution in [-0.4, -0.2) is 29.9 Å². The van der Waals surface area contributed by atoms with E-state index in [0.29, 0.717) is 27.6 Å². The maximum absolute atomic E-state index is 12.9. The second-order valence-corrected chi connectivity index (χ2v) is 5.88. The van der Waals surface area contributed by atoms with E-state index in [0.717, 1.165) is 0 Å². The molecule has 0 aliphatic carbocycles. The molecule has 7 heteroatoms. The summed E-state index contributed by atoms with van der Waals surface area (Å²) in [7, 11) is 0. The van der Waals surface area contributed by atoms with E-state index in [1.807, 2.05) is 0 Å². The molecular formula is C21H17NO6. The summed E-state index contributed by atoms with van der Waals surface area (Å²) in [5.74, 6) is -0.274. The predicted octanol–water partition coefficient (Wildman–Crippen LogP) is 3.92. The van der Waals surface area contributed by atoms with Gasteiger partial charge in [0.1, 0.15) is 5.75 Å². The average Bonchev–Trinajstić information content (AvgIpc) is 2.71. The molecule has 0 saturated carbocycles. The zero-order valence-corrected chi connectivity index (χ0v) is 15.1. The van der Waals surface area contributed by atoms with Crippen molar-refractivity contribution in [2.75, 3.05) is 13.2 Å². The molecule has 0 aliphatic heterocycles. The maximum Gasteiger partial charge on any atom is 0.344 e. The number of rotatable bonds is 7. The zero-order valence-electron chi connectivity index (χ0n) is 15.1. The molecule has 28 heavy (non-hydrogen) atoms. The molecule has 0 aromatic heterocycles. The van der Waals surface area contributed by atoms with E-state index < -0.39 is 10.9 Å². The predicted molar refractivity (Wildman–Crippen MR) is 103 cm³/mol. The largest absolute Gasteiger partial charge is 0.481 e. The summed E-state index contributed by atoms with van der Waals surface area (Å²) in [6.07, 6.45) is 0. The van der Waals surface area contributed by atoms with Crippen LogP contribution in [0.3, 0.4) is 0 Å². The van der Waals surface area contributed by atoms with Crippen LogP contribution >= 0.6 is 0 Å². The molecule has 0 fully saturated rings. The number of fused-ring (bicyclic) bond motifs is 1. The van der Waals surface area contributed by atoms with Crippen molar-refractivity contribution in [1.29, 1.82) is 0 Å². The third-order valence-corrected chi connectivity index (χ3v) is 4.12. The van der Waals surface area contributed by atoms with Gasteiger partial charge in [-0.25, -0.2) is 4.79 Å². The van der Waals surface area contributed by atoms with Crippen LogP contribution in [0, 0.1) is 10.1 Å². The first-order valence-electron chi connectivity index (χ1n) is 8.60. The number of nitro groups is 1. The van der Waals surface area contributed by atoms with Gasteiger partial charge in [0.05, 0.1) is 11.5 Å². The third-order valence-electron chi connectivity index (χ3n) is 4.12. The summed E-state index contributed by atoms with van der Waals surface area (Å²) in [5, 5.41) is 12.1. The van der Waals surface area contributed by atoms with Crippen LogP contribution < -0.4 is 4.74 Å². The van der Waals surface area contributed by atoms with Gasteiger partial charge in [0, 0.05) is 28.6 Å². The van der Waals surface area contributed by atoms with E-state index in [4.69, 9.17) is 9.47 Å². The number of benzene rings is 3. The van der Waals surface area contributed by atoms with Gasteiger partial charge in [-0.15, -0.1) is 0 Å². The number of ether oxygens (including phenoxy) is 2. The highest BCUT2D eigenvalue weighted by molar-refractivity contribution is 6.17. The quantitative estimate of drug-likeness (QED) is 0.267. The highest BCUT2D eigenvalue weighted by Gasteiger charge is 2.16. The van der Waals surface area contributed by atoms with Crippen LogP contribution in [0.15, 0.2) is 60.7 Å². The van der Waals surface area contributed by atoms with Crippen molar-refractivity contribution in [3.8, 4) is 5.75 Å². The van der Waals surface area contributed by atoms with E-state index in [1.165, 1.54) is 24.3 Å². The molecule has 0 bridgehead atoms. The molecular weight excluding hydrogens is 362 g/mol. The third kappa shape index (κ3) is 3.98. The average molecular weight is 379 g/mol. The Morgan fingerprint density at radius 1 is 0.964 bits per heavy atom. The Morgan fingerprint density at radius 2 is 1.64 bits per heavy atom. The van der Waals surface area contributed by atoms with E-state index in [-0.39, 0.29) is 24.7 Å². The van der Waals surface area contributed by atoms with Crippen LogP contribution in [0.1, 0.15) is 22.8 Å². The minimum atomic E-state index is -0.515. The molecule has 142 valence electrons. The number of carbonyl (C=O) groups excluding carboxylic acids is 2. The highest BCUT2D eigenvalue weighted by atomic mass is 16.6. The van der Waals surface area contributed by atoms with Crippen molar-refractivity contribution in [3.63, 3.8) is 0 Å². The Balaban J connectivity index is 1.94. The molecule has 0 amide bonds. The fourth-order valence-corrected chi connectivity index (χ4v) is 2.82. The standard InChI is InChI=1S/C21H17NO6/c1-2-27-20(23)13-28-19-12-11-18(16-5-3-4-6-17(16)19)21(24)14-7-9-15(10-8-14)22(25)26/h3-12H,2,13H2,1H3.